The van der Waals surface area contributed by atoms with Crippen molar-refractivity contribution in [1.82, 2.24) is 5.32 Å². The van der Waals surface area contributed by atoms with Crippen LogP contribution in [0.2, 0.25) is 0 Å². The predicted octanol–water partition coefficient (Wildman–Crippen LogP) is 13.5. The molecule has 0 bridgehead atoms. The molecule has 68 heavy (non-hydrogen) atoms. The van der Waals surface area contributed by atoms with Gasteiger partial charge in [-0.05, 0) is 57.8 Å². The molecule has 0 aromatic carbocycles. The fourth-order valence-electron chi connectivity index (χ4n) is 8.36. The number of aliphatic hydroxyl groups is 5. The second-order valence-electron chi connectivity index (χ2n) is 19.0. The first kappa shape index (κ1) is 63.4. The molecule has 1 saturated heterocycles. The maximum atomic E-state index is 12.9. The molecule has 6 N–H and O–H groups in total. The summed E-state index contributed by atoms with van der Waals surface area (Å²) in [5.41, 5.74) is 0. The summed E-state index contributed by atoms with van der Waals surface area (Å²) in [6.45, 7) is 3.59. The lowest BCUT2D eigenvalue weighted by Crippen LogP contribution is -2.60. The number of amides is 1. The molecule has 1 aliphatic heterocycles. The molecule has 0 spiro atoms. The smallest absolute Gasteiger partial charge is 0.224 e. The molecule has 0 aromatic heterocycles. The Balaban J connectivity index is 2.26. The fourth-order valence-corrected chi connectivity index (χ4v) is 8.36. The van der Waals surface area contributed by atoms with Gasteiger partial charge in [-0.2, -0.15) is 0 Å². The quantitative estimate of drug-likeness (QED) is 0.0261. The third-order valence-corrected chi connectivity index (χ3v) is 12.7. The summed E-state index contributed by atoms with van der Waals surface area (Å²) < 4.78 is 11.2. The van der Waals surface area contributed by atoms with E-state index in [0.717, 1.165) is 44.9 Å². The molecule has 9 nitrogen and oxygen atoms in total. The maximum Gasteiger partial charge on any atom is 0.224 e. The molecule has 7 unspecified atom stereocenters. The molecule has 1 aliphatic rings. The van der Waals surface area contributed by atoms with Gasteiger partial charge in [-0.1, -0.05) is 247 Å². The largest absolute Gasteiger partial charge is 0.394 e. The van der Waals surface area contributed by atoms with Crippen LogP contribution in [0, 0.1) is 0 Å². The molecule has 392 valence electrons. The summed E-state index contributed by atoms with van der Waals surface area (Å²) in [6.07, 6.45) is 61.2. The zero-order valence-electron chi connectivity index (χ0n) is 43.3. The van der Waals surface area contributed by atoms with Crippen LogP contribution in [0.5, 0.6) is 0 Å². The Morgan fingerprint density at radius 3 is 1.38 bits per heavy atom. The number of rotatable bonds is 46. The van der Waals surface area contributed by atoms with E-state index in [-0.39, 0.29) is 18.9 Å². The molecule has 7 atom stereocenters. The van der Waals surface area contributed by atoms with Crippen molar-refractivity contribution < 1.29 is 39.8 Å². The van der Waals surface area contributed by atoms with Crippen molar-refractivity contribution >= 4 is 5.91 Å². The summed E-state index contributed by atoms with van der Waals surface area (Å²) in [5.74, 6) is -0.315. The standard InChI is InChI=1S/C59H103NO8/c1-3-5-7-9-11-13-15-17-19-20-21-22-23-24-25-26-27-28-29-30-31-32-33-35-36-38-40-42-44-46-48-53(62)52(51-67-59-58(66)57(65)56(64)54(50-61)68-59)60-55(63)49-47-45-43-41-39-37-34-18-16-14-12-10-8-6-4-2/h6,8,12,14,18,34,38-41,45-48,52-54,56-59,61-62,64-66H,3-5,7,9-11,13,15-17,19-33,35-37,42-44,49-51H2,1-2H3,(H,60,63)/b8-6-,14-12-,34-18-,40-38+,41-39-,47-45-,48-46+. The van der Waals surface area contributed by atoms with E-state index in [1.165, 1.54) is 154 Å². The summed E-state index contributed by atoms with van der Waals surface area (Å²) >= 11 is 0. The number of carbonyl (C=O) groups is 1. The molecule has 1 fully saturated rings. The first-order chi connectivity index (χ1) is 33.3. The molecule has 9 heteroatoms. The van der Waals surface area contributed by atoms with Crippen LogP contribution in [0.1, 0.15) is 226 Å². The Morgan fingerprint density at radius 1 is 0.515 bits per heavy atom. The van der Waals surface area contributed by atoms with E-state index in [0.29, 0.717) is 6.42 Å². The molecule has 0 aromatic rings. The lowest BCUT2D eigenvalue weighted by molar-refractivity contribution is -0.302. The summed E-state index contributed by atoms with van der Waals surface area (Å²) in [5, 5.41) is 54.2. The normalized spacial score (nSPS) is 20.2. The van der Waals surface area contributed by atoms with Gasteiger partial charge in [-0.3, -0.25) is 4.79 Å². The summed E-state index contributed by atoms with van der Waals surface area (Å²) in [7, 11) is 0. The van der Waals surface area contributed by atoms with Crippen molar-refractivity contribution in [2.24, 2.45) is 0 Å². The summed E-state index contributed by atoms with van der Waals surface area (Å²) in [4.78, 5) is 12.9. The average Bonchev–Trinajstić information content (AvgIpc) is 3.34. The van der Waals surface area contributed by atoms with Gasteiger partial charge in [-0.25, -0.2) is 0 Å². The van der Waals surface area contributed by atoms with E-state index >= 15 is 0 Å². The lowest BCUT2D eigenvalue weighted by atomic mass is 9.99. The SMILES string of the molecule is CC/C=C\C/C=C\C/C=C\C/C=C\C/C=C\CC(=O)NC(COC1OC(CO)C(O)C(O)C1O)C(O)/C=C/CC/C=C/CCCCCCCCCCCCCCCCCCCCCCCCCC. The summed E-state index contributed by atoms with van der Waals surface area (Å²) in [6, 6.07) is -0.881. The van der Waals surface area contributed by atoms with Crippen molar-refractivity contribution in [1.29, 1.82) is 0 Å². The van der Waals surface area contributed by atoms with E-state index in [4.69, 9.17) is 9.47 Å². The van der Waals surface area contributed by atoms with Gasteiger partial charge in [0.1, 0.15) is 24.4 Å². The molecule has 0 aliphatic carbocycles. The van der Waals surface area contributed by atoms with Crippen LogP contribution in [-0.4, -0.2) is 87.5 Å². The van der Waals surface area contributed by atoms with E-state index in [1.807, 2.05) is 12.2 Å². The monoisotopic (exact) mass is 954 g/mol. The third kappa shape index (κ3) is 37.2. The van der Waals surface area contributed by atoms with E-state index in [2.05, 4.69) is 79.9 Å². The highest BCUT2D eigenvalue weighted by atomic mass is 16.7. The molecule has 1 rings (SSSR count). The van der Waals surface area contributed by atoms with Crippen LogP contribution in [0.25, 0.3) is 0 Å². The van der Waals surface area contributed by atoms with Gasteiger partial charge in [-0.15, -0.1) is 0 Å². The Labute approximate surface area is 416 Å². The minimum Gasteiger partial charge on any atom is -0.394 e. The van der Waals surface area contributed by atoms with Crippen molar-refractivity contribution in [3.8, 4) is 0 Å². The first-order valence-corrected chi connectivity index (χ1v) is 27.8. The van der Waals surface area contributed by atoms with Gasteiger partial charge in [0.05, 0.1) is 25.4 Å². The van der Waals surface area contributed by atoms with Crippen LogP contribution < -0.4 is 5.32 Å². The van der Waals surface area contributed by atoms with Crippen molar-refractivity contribution in [3.63, 3.8) is 0 Å². The number of carbonyl (C=O) groups excluding carboxylic acids is 1. The predicted molar refractivity (Wildman–Crippen MR) is 285 cm³/mol. The Kier molecular flexibility index (Phi) is 44.8. The van der Waals surface area contributed by atoms with E-state index in [9.17, 15) is 30.3 Å². The van der Waals surface area contributed by atoms with E-state index in [1.54, 1.807) is 12.2 Å². The van der Waals surface area contributed by atoms with Crippen LogP contribution in [0.4, 0.5) is 0 Å². The van der Waals surface area contributed by atoms with Gasteiger partial charge in [0.2, 0.25) is 5.91 Å². The molecular formula is C59H103NO8. The number of allylic oxidation sites excluding steroid dienone is 12. The number of ether oxygens (including phenoxy) is 2. The van der Waals surface area contributed by atoms with Crippen molar-refractivity contribution in [2.75, 3.05) is 13.2 Å². The lowest BCUT2D eigenvalue weighted by Gasteiger charge is -2.40. The maximum absolute atomic E-state index is 12.9. The van der Waals surface area contributed by atoms with Gasteiger partial charge in [0.25, 0.3) is 0 Å². The number of nitrogens with one attached hydrogen (secondary N) is 1. The third-order valence-electron chi connectivity index (χ3n) is 12.7. The minimum atomic E-state index is -1.59. The number of hydrogen-bond donors (Lipinski definition) is 6. The van der Waals surface area contributed by atoms with Gasteiger partial charge in [0.15, 0.2) is 6.29 Å². The van der Waals surface area contributed by atoms with Crippen LogP contribution in [0.3, 0.4) is 0 Å². The molecular weight excluding hydrogens is 851 g/mol. The van der Waals surface area contributed by atoms with Crippen molar-refractivity contribution in [3.05, 3.63) is 85.1 Å². The first-order valence-electron chi connectivity index (χ1n) is 27.8. The molecule has 0 radical (unpaired) electrons. The second-order valence-corrected chi connectivity index (χ2v) is 19.0. The Morgan fingerprint density at radius 2 is 0.926 bits per heavy atom. The van der Waals surface area contributed by atoms with Crippen LogP contribution >= 0.6 is 0 Å². The number of hydrogen-bond acceptors (Lipinski definition) is 8. The molecule has 1 heterocycles. The zero-order chi connectivity index (χ0) is 49.4. The highest BCUT2D eigenvalue weighted by molar-refractivity contribution is 5.77. The van der Waals surface area contributed by atoms with Gasteiger partial charge < -0.3 is 40.3 Å². The number of aliphatic hydroxyl groups excluding tert-OH is 5. The molecule has 0 saturated carbocycles. The second kappa shape index (κ2) is 48.0. The van der Waals surface area contributed by atoms with Gasteiger partial charge in [0, 0.05) is 6.42 Å². The zero-order valence-corrected chi connectivity index (χ0v) is 43.3. The highest BCUT2D eigenvalue weighted by Crippen LogP contribution is 2.23. The number of unbranched alkanes of at least 4 members (excludes halogenated alkanes) is 25. The topological polar surface area (TPSA) is 149 Å². The van der Waals surface area contributed by atoms with E-state index < -0.39 is 49.5 Å². The molecule has 1 amide bonds. The highest BCUT2D eigenvalue weighted by Gasteiger charge is 2.44. The van der Waals surface area contributed by atoms with Gasteiger partial charge >= 0.3 is 0 Å². The average molecular weight is 954 g/mol. The van der Waals surface area contributed by atoms with Crippen molar-refractivity contribution in [2.45, 2.75) is 269 Å². The Bertz CT molecular complexity index is 1340. The fraction of sp³-hybridized carbons (Fsp3) is 0.746. The Hall–Kier alpha value is -2.63. The van der Waals surface area contributed by atoms with Crippen LogP contribution in [-0.2, 0) is 14.3 Å². The minimum absolute atomic E-state index is 0.102. The van der Waals surface area contributed by atoms with Crippen LogP contribution in [0.15, 0.2) is 85.1 Å².